The maximum atomic E-state index is 11.4. The van der Waals surface area contributed by atoms with Crippen LogP contribution in [0.2, 0.25) is 0 Å². The second-order valence-corrected chi connectivity index (χ2v) is 4.74. The predicted molar refractivity (Wildman–Crippen MR) is 69.4 cm³/mol. The largest absolute Gasteiger partial charge is 0.464 e. The average molecular weight is 266 g/mol. The second-order valence-electron chi connectivity index (χ2n) is 3.83. The molecule has 2 atom stereocenters. The van der Waals surface area contributed by atoms with E-state index in [2.05, 4.69) is 0 Å². The summed E-state index contributed by atoms with van der Waals surface area (Å²) >= 11 is 1.46. The molecule has 0 radical (unpaired) electrons. The third-order valence-electron chi connectivity index (χ3n) is 2.66. The van der Waals surface area contributed by atoms with E-state index in [0.29, 0.717) is 5.56 Å². The first-order valence-corrected chi connectivity index (χ1v) is 6.52. The minimum absolute atomic E-state index is 0.172. The van der Waals surface area contributed by atoms with Crippen molar-refractivity contribution in [3.63, 3.8) is 0 Å². The zero-order valence-corrected chi connectivity index (χ0v) is 10.7. The Morgan fingerprint density at radius 3 is 2.89 bits per heavy atom. The fraction of sp³-hybridized carbons (Fsp3) is 0.308. The second kappa shape index (κ2) is 5.48. The van der Waals surface area contributed by atoms with Crippen LogP contribution in [0.25, 0.3) is 10.1 Å². The van der Waals surface area contributed by atoms with Crippen molar-refractivity contribution < 1.29 is 19.7 Å². The van der Waals surface area contributed by atoms with Crippen molar-refractivity contribution in [2.24, 2.45) is 0 Å². The van der Waals surface area contributed by atoms with Crippen molar-refractivity contribution in [3.05, 3.63) is 35.2 Å². The van der Waals surface area contributed by atoms with E-state index in [0.717, 1.165) is 10.1 Å². The number of carbonyl (C=O) groups is 1. The normalized spacial score (nSPS) is 14.4. The van der Waals surface area contributed by atoms with Gasteiger partial charge in [0, 0.05) is 10.3 Å². The summed E-state index contributed by atoms with van der Waals surface area (Å²) in [5.41, 5.74) is 0.544. The maximum Gasteiger partial charge on any atom is 0.338 e. The van der Waals surface area contributed by atoms with Gasteiger partial charge >= 0.3 is 5.97 Å². The minimum atomic E-state index is -1.56. The van der Waals surface area contributed by atoms with E-state index in [-0.39, 0.29) is 6.61 Å². The van der Waals surface area contributed by atoms with E-state index in [1.165, 1.54) is 11.3 Å². The number of hydrogen-bond donors (Lipinski definition) is 2. The molecule has 0 amide bonds. The van der Waals surface area contributed by atoms with Crippen LogP contribution in [-0.2, 0) is 9.53 Å². The Labute approximate surface area is 108 Å². The molecule has 4 nitrogen and oxygen atoms in total. The van der Waals surface area contributed by atoms with Gasteiger partial charge in [0.05, 0.1) is 6.61 Å². The zero-order valence-electron chi connectivity index (χ0n) is 9.87. The lowest BCUT2D eigenvalue weighted by Gasteiger charge is -2.17. The molecule has 0 bridgehead atoms. The number of ether oxygens (including phenoxy) is 1. The SMILES string of the molecule is CCOC(=O)C(O)C(O)c1cccc2ccsc12. The van der Waals surface area contributed by atoms with Crippen LogP contribution in [-0.4, -0.2) is 28.9 Å². The molecule has 5 heteroatoms. The van der Waals surface area contributed by atoms with Crippen LogP contribution in [0.3, 0.4) is 0 Å². The van der Waals surface area contributed by atoms with Crippen LogP contribution >= 0.6 is 11.3 Å². The van der Waals surface area contributed by atoms with E-state index in [1.807, 2.05) is 17.5 Å². The molecule has 0 fully saturated rings. The first-order valence-electron chi connectivity index (χ1n) is 5.64. The molecular weight excluding hydrogens is 252 g/mol. The summed E-state index contributed by atoms with van der Waals surface area (Å²) in [6.07, 6.45) is -2.83. The van der Waals surface area contributed by atoms with E-state index in [4.69, 9.17) is 4.74 Å². The molecule has 2 rings (SSSR count). The highest BCUT2D eigenvalue weighted by molar-refractivity contribution is 7.17. The van der Waals surface area contributed by atoms with Crippen molar-refractivity contribution in [2.45, 2.75) is 19.1 Å². The van der Waals surface area contributed by atoms with Gasteiger partial charge in [0.25, 0.3) is 0 Å². The van der Waals surface area contributed by atoms with Crippen LogP contribution in [0.4, 0.5) is 0 Å². The van der Waals surface area contributed by atoms with Crippen molar-refractivity contribution in [3.8, 4) is 0 Å². The number of aliphatic hydroxyl groups is 2. The highest BCUT2D eigenvalue weighted by Crippen LogP contribution is 2.30. The van der Waals surface area contributed by atoms with Gasteiger partial charge in [0.2, 0.25) is 0 Å². The minimum Gasteiger partial charge on any atom is -0.464 e. The molecule has 0 aliphatic rings. The van der Waals surface area contributed by atoms with E-state index in [1.54, 1.807) is 19.1 Å². The number of benzene rings is 1. The number of carbonyl (C=O) groups excluding carboxylic acids is 1. The van der Waals surface area contributed by atoms with Gasteiger partial charge in [-0.2, -0.15) is 0 Å². The van der Waals surface area contributed by atoms with Gasteiger partial charge < -0.3 is 14.9 Å². The Morgan fingerprint density at radius 1 is 1.39 bits per heavy atom. The number of aliphatic hydroxyl groups excluding tert-OH is 2. The Hall–Kier alpha value is -1.43. The lowest BCUT2D eigenvalue weighted by Crippen LogP contribution is -2.29. The molecule has 0 spiro atoms. The summed E-state index contributed by atoms with van der Waals surface area (Å²) in [4.78, 5) is 11.4. The van der Waals surface area contributed by atoms with Crippen molar-refractivity contribution in [1.29, 1.82) is 0 Å². The average Bonchev–Trinajstić information content (AvgIpc) is 2.85. The van der Waals surface area contributed by atoms with Crippen molar-refractivity contribution >= 4 is 27.4 Å². The molecule has 1 aromatic heterocycles. The summed E-state index contributed by atoms with van der Waals surface area (Å²) in [7, 11) is 0. The van der Waals surface area contributed by atoms with Crippen molar-refractivity contribution in [2.75, 3.05) is 6.61 Å². The van der Waals surface area contributed by atoms with Gasteiger partial charge in [-0.25, -0.2) is 4.79 Å². The van der Waals surface area contributed by atoms with Crippen LogP contribution < -0.4 is 0 Å². The summed E-state index contributed by atoms with van der Waals surface area (Å²) in [5.74, 6) is -0.807. The zero-order chi connectivity index (χ0) is 13.1. The molecule has 1 heterocycles. The predicted octanol–water partition coefficient (Wildman–Crippen LogP) is 1.86. The number of thiophene rings is 1. The van der Waals surface area contributed by atoms with E-state index < -0.39 is 18.2 Å². The van der Waals surface area contributed by atoms with E-state index >= 15 is 0 Å². The monoisotopic (exact) mass is 266 g/mol. The summed E-state index contributed by atoms with van der Waals surface area (Å²) in [6.45, 7) is 1.82. The van der Waals surface area contributed by atoms with Gasteiger partial charge in [-0.1, -0.05) is 18.2 Å². The van der Waals surface area contributed by atoms with Gasteiger partial charge in [0.15, 0.2) is 6.10 Å². The maximum absolute atomic E-state index is 11.4. The molecule has 0 aliphatic heterocycles. The van der Waals surface area contributed by atoms with Crippen LogP contribution in [0.1, 0.15) is 18.6 Å². The standard InChI is InChI=1S/C13H14O4S/c1-2-17-13(16)11(15)10(14)9-5-3-4-8-6-7-18-12(8)9/h3-7,10-11,14-15H,2H2,1H3. The first kappa shape index (κ1) is 13.0. The fourth-order valence-electron chi connectivity index (χ4n) is 1.78. The highest BCUT2D eigenvalue weighted by Gasteiger charge is 2.28. The molecular formula is C13H14O4S. The third kappa shape index (κ3) is 2.38. The molecule has 96 valence electrons. The molecule has 2 unspecified atom stereocenters. The molecule has 0 saturated heterocycles. The molecule has 2 N–H and O–H groups in total. The summed E-state index contributed by atoms with van der Waals surface area (Å²) < 4.78 is 5.56. The molecule has 2 aromatic rings. The number of rotatable bonds is 4. The van der Waals surface area contributed by atoms with Gasteiger partial charge in [-0.3, -0.25) is 0 Å². The van der Waals surface area contributed by atoms with Crippen LogP contribution in [0.5, 0.6) is 0 Å². The third-order valence-corrected chi connectivity index (χ3v) is 3.63. The van der Waals surface area contributed by atoms with Gasteiger partial charge in [-0.05, 0) is 23.8 Å². The number of fused-ring (bicyclic) bond motifs is 1. The Kier molecular flexibility index (Phi) is 3.96. The highest BCUT2D eigenvalue weighted by atomic mass is 32.1. The molecule has 0 aliphatic carbocycles. The number of hydrogen-bond acceptors (Lipinski definition) is 5. The fourth-order valence-corrected chi connectivity index (χ4v) is 2.72. The van der Waals surface area contributed by atoms with E-state index in [9.17, 15) is 15.0 Å². The van der Waals surface area contributed by atoms with Gasteiger partial charge in [0.1, 0.15) is 6.10 Å². The Bertz CT molecular complexity index is 549. The summed E-state index contributed by atoms with van der Waals surface area (Å²) in [5, 5.41) is 22.7. The first-order chi connectivity index (χ1) is 8.65. The van der Waals surface area contributed by atoms with Crippen LogP contribution in [0.15, 0.2) is 29.6 Å². The van der Waals surface area contributed by atoms with Crippen molar-refractivity contribution in [1.82, 2.24) is 0 Å². The van der Waals surface area contributed by atoms with Gasteiger partial charge in [-0.15, -0.1) is 11.3 Å². The smallest absolute Gasteiger partial charge is 0.338 e. The quantitative estimate of drug-likeness (QED) is 0.829. The topological polar surface area (TPSA) is 66.8 Å². The lowest BCUT2D eigenvalue weighted by atomic mass is 10.0. The number of esters is 1. The Morgan fingerprint density at radius 2 is 2.17 bits per heavy atom. The summed E-state index contributed by atoms with van der Waals surface area (Å²) in [6, 6.07) is 7.32. The van der Waals surface area contributed by atoms with Crippen LogP contribution in [0, 0.1) is 0 Å². The molecule has 18 heavy (non-hydrogen) atoms. The Balaban J connectivity index is 2.30. The molecule has 0 saturated carbocycles. The molecule has 1 aromatic carbocycles. The lowest BCUT2D eigenvalue weighted by molar-refractivity contribution is -0.159.